The van der Waals surface area contributed by atoms with Gasteiger partial charge in [0.25, 0.3) is 0 Å². The second kappa shape index (κ2) is 3.54. The maximum atomic E-state index is 10.7. The predicted octanol–water partition coefficient (Wildman–Crippen LogP) is 1.12. The van der Waals surface area contributed by atoms with Gasteiger partial charge in [-0.3, -0.25) is 9.72 Å². The Morgan fingerprint density at radius 3 is 2.69 bits per heavy atom. The molecule has 0 aliphatic carbocycles. The average Bonchev–Trinajstić information content (AvgIpc) is 2.61. The first-order chi connectivity index (χ1) is 7.58. The van der Waals surface area contributed by atoms with Gasteiger partial charge in [-0.15, -0.1) is 0 Å². The molecule has 0 bridgehead atoms. The topological polar surface area (TPSA) is 104 Å². The third-order valence-corrected chi connectivity index (χ3v) is 1.95. The Balaban J connectivity index is 2.58. The van der Waals surface area contributed by atoms with Gasteiger partial charge in [0.2, 0.25) is 0 Å². The largest absolute Gasteiger partial charge is 0.476 e. The molecule has 0 saturated heterocycles. The van der Waals surface area contributed by atoms with Crippen molar-refractivity contribution in [3.63, 3.8) is 0 Å². The number of anilines is 1. The summed E-state index contributed by atoms with van der Waals surface area (Å²) in [6.07, 6.45) is 0.0289. The van der Waals surface area contributed by atoms with E-state index in [1.54, 1.807) is 12.1 Å². The second-order valence-corrected chi connectivity index (χ2v) is 3.00. The van der Waals surface area contributed by atoms with Crippen molar-refractivity contribution in [3.05, 3.63) is 30.1 Å². The normalized spacial score (nSPS) is 10.2. The highest BCUT2D eigenvalue weighted by atomic mass is 16.4. The number of rotatable bonds is 2. The van der Waals surface area contributed by atoms with E-state index in [9.17, 15) is 9.59 Å². The van der Waals surface area contributed by atoms with Crippen LogP contribution in [0.25, 0.3) is 5.65 Å². The molecule has 0 aliphatic rings. The van der Waals surface area contributed by atoms with Gasteiger partial charge in [0, 0.05) is 6.20 Å². The molecule has 2 heterocycles. The Morgan fingerprint density at radius 2 is 2.06 bits per heavy atom. The van der Waals surface area contributed by atoms with Gasteiger partial charge in [-0.1, -0.05) is 6.07 Å². The maximum absolute atomic E-state index is 10.7. The number of nitrogens with zero attached hydrogens (tertiary/aromatic N) is 2. The van der Waals surface area contributed by atoms with Crippen molar-refractivity contribution in [2.75, 3.05) is 5.32 Å². The van der Waals surface area contributed by atoms with Gasteiger partial charge in [0.1, 0.15) is 11.5 Å². The predicted molar refractivity (Wildman–Crippen MR) is 53.8 cm³/mol. The van der Waals surface area contributed by atoms with Crippen LogP contribution < -0.4 is 5.32 Å². The summed E-state index contributed by atoms with van der Waals surface area (Å²) in [5.74, 6) is -0.921. The van der Waals surface area contributed by atoms with Gasteiger partial charge in [0.05, 0.1) is 0 Å². The summed E-state index contributed by atoms with van der Waals surface area (Å²) in [4.78, 5) is 25.0. The van der Waals surface area contributed by atoms with Crippen LogP contribution in [0.15, 0.2) is 24.4 Å². The molecule has 2 aromatic heterocycles. The molecule has 0 spiro atoms. The lowest BCUT2D eigenvalue weighted by atomic mass is 10.4. The molecule has 0 aliphatic heterocycles. The quantitative estimate of drug-likeness (QED) is 0.704. The molecule has 0 radical (unpaired) electrons. The van der Waals surface area contributed by atoms with Crippen LogP contribution in [-0.2, 0) is 0 Å². The number of aromatic nitrogens is 2. The summed E-state index contributed by atoms with van der Waals surface area (Å²) in [7, 11) is 0. The van der Waals surface area contributed by atoms with E-state index in [2.05, 4.69) is 10.3 Å². The lowest BCUT2D eigenvalue weighted by Crippen LogP contribution is -2.10. The number of hydrogen-bond donors (Lipinski definition) is 3. The Kier molecular flexibility index (Phi) is 2.20. The van der Waals surface area contributed by atoms with E-state index in [1.807, 2.05) is 0 Å². The minimum atomic E-state index is -1.22. The van der Waals surface area contributed by atoms with Crippen LogP contribution in [-0.4, -0.2) is 31.7 Å². The van der Waals surface area contributed by atoms with Crippen molar-refractivity contribution in [1.82, 2.24) is 9.38 Å². The lowest BCUT2D eigenvalue weighted by Gasteiger charge is -2.03. The summed E-state index contributed by atoms with van der Waals surface area (Å²) in [6, 6.07) is 4.67. The van der Waals surface area contributed by atoms with Gasteiger partial charge in [-0.05, 0) is 12.1 Å². The molecule has 16 heavy (non-hydrogen) atoms. The van der Waals surface area contributed by atoms with Crippen LogP contribution in [0.4, 0.5) is 10.6 Å². The fraction of sp³-hybridized carbons (Fsp3) is 0. The number of amides is 1. The number of nitrogens with one attached hydrogen (secondary N) is 1. The van der Waals surface area contributed by atoms with E-state index in [0.29, 0.717) is 5.65 Å². The molecule has 2 rings (SSSR count). The van der Waals surface area contributed by atoms with Crippen LogP contribution in [0.5, 0.6) is 0 Å². The number of carboxylic acid groups (broad SMARTS) is 2. The Bertz CT molecular complexity index is 575. The van der Waals surface area contributed by atoms with Gasteiger partial charge >= 0.3 is 12.1 Å². The highest BCUT2D eigenvalue weighted by Gasteiger charge is 2.11. The highest BCUT2D eigenvalue weighted by molar-refractivity contribution is 5.87. The number of imidazole rings is 1. The number of fused-ring (bicyclic) bond motifs is 1. The van der Waals surface area contributed by atoms with Crippen molar-refractivity contribution in [1.29, 1.82) is 0 Å². The second-order valence-electron chi connectivity index (χ2n) is 3.00. The molecular weight excluding hydrogens is 214 g/mol. The molecule has 7 heteroatoms. The van der Waals surface area contributed by atoms with Crippen molar-refractivity contribution in [2.45, 2.75) is 0 Å². The number of carbonyl (C=O) groups is 2. The summed E-state index contributed by atoms with van der Waals surface area (Å²) < 4.78 is 1.36. The first-order valence-corrected chi connectivity index (χ1v) is 4.29. The third-order valence-electron chi connectivity index (χ3n) is 1.95. The SMILES string of the molecule is O=C(O)Nc1cccc2nc(C(=O)O)cn12. The maximum Gasteiger partial charge on any atom is 0.410 e. The smallest absolute Gasteiger partial charge is 0.410 e. The van der Waals surface area contributed by atoms with E-state index in [-0.39, 0.29) is 11.5 Å². The molecule has 0 fully saturated rings. The van der Waals surface area contributed by atoms with Crippen molar-refractivity contribution >= 4 is 23.5 Å². The lowest BCUT2D eigenvalue weighted by molar-refractivity contribution is 0.0691. The van der Waals surface area contributed by atoms with Gasteiger partial charge in [-0.25, -0.2) is 14.6 Å². The number of pyridine rings is 1. The molecular formula is C9H7N3O4. The molecule has 0 atom stereocenters. The molecule has 2 aromatic rings. The van der Waals surface area contributed by atoms with Crippen LogP contribution in [0.1, 0.15) is 10.5 Å². The number of carboxylic acids is 1. The van der Waals surface area contributed by atoms with Crippen molar-refractivity contribution in [3.8, 4) is 0 Å². The minimum Gasteiger partial charge on any atom is -0.476 e. The monoisotopic (exact) mass is 221 g/mol. The first kappa shape index (κ1) is 9.97. The molecule has 1 amide bonds. The third kappa shape index (κ3) is 1.65. The summed E-state index contributed by atoms with van der Waals surface area (Å²) in [5, 5.41) is 19.5. The zero-order valence-electron chi connectivity index (χ0n) is 7.91. The number of aromatic carboxylic acids is 1. The van der Waals surface area contributed by atoms with E-state index < -0.39 is 12.1 Å². The molecule has 0 saturated carbocycles. The van der Waals surface area contributed by atoms with Crippen LogP contribution >= 0.6 is 0 Å². The summed E-state index contributed by atoms with van der Waals surface area (Å²) in [5.41, 5.74) is 0.225. The Hall–Kier alpha value is -2.57. The Morgan fingerprint density at radius 1 is 1.31 bits per heavy atom. The highest BCUT2D eigenvalue weighted by Crippen LogP contribution is 2.13. The summed E-state index contributed by atoms with van der Waals surface area (Å²) in [6.45, 7) is 0. The first-order valence-electron chi connectivity index (χ1n) is 4.29. The van der Waals surface area contributed by atoms with Crippen LogP contribution in [0.3, 0.4) is 0 Å². The number of hydrogen-bond acceptors (Lipinski definition) is 3. The van der Waals surface area contributed by atoms with E-state index in [4.69, 9.17) is 10.2 Å². The fourth-order valence-corrected chi connectivity index (χ4v) is 1.33. The van der Waals surface area contributed by atoms with Crippen molar-refractivity contribution in [2.24, 2.45) is 0 Å². The zero-order valence-corrected chi connectivity index (χ0v) is 7.91. The van der Waals surface area contributed by atoms with E-state index in [0.717, 1.165) is 0 Å². The average molecular weight is 221 g/mol. The molecule has 82 valence electrons. The van der Waals surface area contributed by atoms with E-state index in [1.165, 1.54) is 16.7 Å². The standard InChI is InChI=1S/C9H7N3O4/c13-8(14)5-4-12-6(10-5)2-1-3-7(12)11-9(15)16/h1-4,11H,(H,13,14)(H,15,16). The molecule has 3 N–H and O–H groups in total. The van der Waals surface area contributed by atoms with Gasteiger partial charge in [0.15, 0.2) is 5.69 Å². The van der Waals surface area contributed by atoms with Crippen LogP contribution in [0.2, 0.25) is 0 Å². The molecule has 7 nitrogen and oxygen atoms in total. The molecule has 0 unspecified atom stereocenters. The van der Waals surface area contributed by atoms with E-state index >= 15 is 0 Å². The Labute approximate surface area is 89.0 Å². The fourth-order valence-electron chi connectivity index (χ4n) is 1.33. The molecule has 0 aromatic carbocycles. The van der Waals surface area contributed by atoms with Crippen molar-refractivity contribution < 1.29 is 19.8 Å². The minimum absolute atomic E-state index is 0.139. The zero-order chi connectivity index (χ0) is 11.7. The van der Waals surface area contributed by atoms with Gasteiger partial charge in [-0.2, -0.15) is 0 Å². The summed E-state index contributed by atoms with van der Waals surface area (Å²) >= 11 is 0. The van der Waals surface area contributed by atoms with Gasteiger partial charge < -0.3 is 10.2 Å². The van der Waals surface area contributed by atoms with Crippen LogP contribution in [0, 0.1) is 0 Å².